The normalized spacial score (nSPS) is 11.4. The Bertz CT molecular complexity index is 402. The fourth-order valence-corrected chi connectivity index (χ4v) is 3.21. The summed E-state index contributed by atoms with van der Waals surface area (Å²) in [5, 5.41) is 0.619. The molecule has 0 radical (unpaired) electrons. The van der Waals surface area contributed by atoms with Crippen molar-refractivity contribution in [2.45, 2.75) is 26.7 Å². The van der Waals surface area contributed by atoms with E-state index in [4.69, 9.17) is 9.05 Å². The first-order valence-corrected chi connectivity index (χ1v) is 7.80. The number of aryl methyl sites for hydroxylation is 1. The Morgan fingerprint density at radius 3 is 2.17 bits per heavy atom. The highest BCUT2D eigenvalue weighted by Gasteiger charge is 2.26. The van der Waals surface area contributed by atoms with Crippen molar-refractivity contribution >= 4 is 12.9 Å². The van der Waals surface area contributed by atoms with Crippen LogP contribution in [0.25, 0.3) is 0 Å². The Hall–Kier alpha value is -0.890. The molecule has 0 bridgehead atoms. The molecule has 0 spiro atoms. The van der Waals surface area contributed by atoms with Gasteiger partial charge in [0.15, 0.2) is 0 Å². The van der Waals surface area contributed by atoms with E-state index < -0.39 is 7.60 Å². The Morgan fingerprint density at radius 1 is 1.17 bits per heavy atom. The molecule has 0 aromatic heterocycles. The second-order valence-electron chi connectivity index (χ2n) is 3.83. The molecule has 1 rings (SSSR count). The number of hydrogen-bond acceptors (Lipinski definition) is 3. The maximum atomic E-state index is 12.5. The van der Waals surface area contributed by atoms with Crippen molar-refractivity contribution in [1.29, 1.82) is 0 Å². The van der Waals surface area contributed by atoms with Gasteiger partial charge in [-0.3, -0.25) is 4.57 Å². The molecule has 1 aromatic carbocycles. The Morgan fingerprint density at radius 2 is 1.72 bits per heavy atom. The molecule has 0 atom stereocenters. The van der Waals surface area contributed by atoms with Crippen LogP contribution in [0.2, 0.25) is 0 Å². The maximum Gasteiger partial charge on any atom is 0.361 e. The summed E-state index contributed by atoms with van der Waals surface area (Å²) in [5.74, 6) is 0. The molecular formula is C14H21O3P. The second-order valence-corrected chi connectivity index (χ2v) is 5.85. The van der Waals surface area contributed by atoms with Crippen LogP contribution in [0.15, 0.2) is 36.9 Å². The molecule has 18 heavy (non-hydrogen) atoms. The van der Waals surface area contributed by atoms with Crippen molar-refractivity contribution in [1.82, 2.24) is 0 Å². The van der Waals surface area contributed by atoms with Crippen LogP contribution in [-0.2, 0) is 20.0 Å². The molecular weight excluding hydrogens is 247 g/mol. The molecule has 0 aliphatic heterocycles. The zero-order valence-corrected chi connectivity index (χ0v) is 12.0. The van der Waals surface area contributed by atoms with E-state index in [1.165, 1.54) is 5.56 Å². The fraction of sp³-hybridized carbons (Fsp3) is 0.429. The van der Waals surface area contributed by atoms with Gasteiger partial charge in [-0.25, -0.2) is 0 Å². The van der Waals surface area contributed by atoms with E-state index in [-0.39, 0.29) is 0 Å². The molecule has 3 nitrogen and oxygen atoms in total. The van der Waals surface area contributed by atoms with Crippen LogP contribution in [0.4, 0.5) is 0 Å². The Kier molecular flexibility index (Phi) is 6.34. The summed E-state index contributed by atoms with van der Waals surface area (Å²) in [6.07, 6.45) is 3.77. The lowest BCUT2D eigenvalue weighted by Gasteiger charge is -2.17. The van der Waals surface area contributed by atoms with E-state index in [9.17, 15) is 4.57 Å². The summed E-state index contributed by atoms with van der Waals surface area (Å²) in [7, 11) is -3.14. The quantitative estimate of drug-likeness (QED) is 0.532. The summed E-state index contributed by atoms with van der Waals surface area (Å²) in [5.41, 5.74) is 1.19. The minimum atomic E-state index is -3.14. The van der Waals surface area contributed by atoms with Crippen molar-refractivity contribution in [3.63, 3.8) is 0 Å². The minimum absolute atomic E-state index is 0.371. The third-order valence-electron chi connectivity index (χ3n) is 2.49. The lowest BCUT2D eigenvalue weighted by molar-refractivity contribution is 0.230. The molecule has 0 aliphatic rings. The van der Waals surface area contributed by atoms with Crippen LogP contribution in [0.5, 0.6) is 0 Å². The van der Waals surface area contributed by atoms with Crippen LogP contribution in [-0.4, -0.2) is 13.2 Å². The first kappa shape index (κ1) is 15.2. The van der Waals surface area contributed by atoms with Crippen LogP contribution < -0.4 is 5.30 Å². The monoisotopic (exact) mass is 268 g/mol. The van der Waals surface area contributed by atoms with Gasteiger partial charge < -0.3 is 9.05 Å². The first-order valence-electron chi connectivity index (χ1n) is 6.25. The molecule has 0 saturated carbocycles. The van der Waals surface area contributed by atoms with Gasteiger partial charge >= 0.3 is 7.60 Å². The summed E-state index contributed by atoms with van der Waals surface area (Å²) in [4.78, 5) is 0. The molecule has 0 amide bonds. The minimum Gasteiger partial charge on any atom is -0.305 e. The molecule has 100 valence electrons. The summed E-state index contributed by atoms with van der Waals surface area (Å²) in [6.45, 7) is 8.06. The third kappa shape index (κ3) is 4.09. The van der Waals surface area contributed by atoms with E-state index in [0.717, 1.165) is 12.8 Å². The highest BCUT2D eigenvalue weighted by molar-refractivity contribution is 7.62. The zero-order valence-electron chi connectivity index (χ0n) is 11.1. The Labute approximate surface area is 109 Å². The van der Waals surface area contributed by atoms with Crippen LogP contribution in [0.3, 0.4) is 0 Å². The largest absolute Gasteiger partial charge is 0.361 e. The van der Waals surface area contributed by atoms with Crippen molar-refractivity contribution < 1.29 is 13.6 Å². The smallest absolute Gasteiger partial charge is 0.305 e. The standard InChI is InChI=1S/C14H21O3P/c1-4-7-8-13-9-11-14(12-10-13)18(15,16-5-2)17-6-3/h4,9-12H,1,5-8H2,2-3H3. The van der Waals surface area contributed by atoms with Gasteiger partial charge in [0.05, 0.1) is 18.5 Å². The summed E-state index contributed by atoms with van der Waals surface area (Å²) in [6, 6.07) is 7.57. The SMILES string of the molecule is C=CCCc1ccc(P(=O)(OCC)OCC)cc1. The predicted octanol–water partition coefficient (Wildman–Crippen LogP) is 3.70. The number of benzene rings is 1. The van der Waals surface area contributed by atoms with Crippen molar-refractivity contribution in [2.75, 3.05) is 13.2 Å². The van der Waals surface area contributed by atoms with Crippen LogP contribution in [0, 0.1) is 0 Å². The molecule has 0 aliphatic carbocycles. The Balaban J connectivity index is 2.86. The lowest BCUT2D eigenvalue weighted by atomic mass is 10.1. The zero-order chi connectivity index (χ0) is 13.4. The van der Waals surface area contributed by atoms with Crippen molar-refractivity contribution in [3.8, 4) is 0 Å². The van der Waals surface area contributed by atoms with E-state index in [1.54, 1.807) is 0 Å². The number of rotatable bonds is 8. The maximum absolute atomic E-state index is 12.5. The fourth-order valence-electron chi connectivity index (χ4n) is 1.64. The van der Waals surface area contributed by atoms with Gasteiger partial charge in [0.2, 0.25) is 0 Å². The average molecular weight is 268 g/mol. The van der Waals surface area contributed by atoms with Crippen molar-refractivity contribution in [3.05, 3.63) is 42.5 Å². The molecule has 0 N–H and O–H groups in total. The second kappa shape index (κ2) is 7.52. The van der Waals surface area contributed by atoms with E-state index in [2.05, 4.69) is 6.58 Å². The van der Waals surface area contributed by atoms with Gasteiger partial charge in [-0.05, 0) is 44.4 Å². The van der Waals surface area contributed by atoms with Gasteiger partial charge in [-0.1, -0.05) is 18.2 Å². The molecule has 0 saturated heterocycles. The van der Waals surface area contributed by atoms with E-state index in [1.807, 2.05) is 44.2 Å². The van der Waals surface area contributed by atoms with Gasteiger partial charge in [0, 0.05) is 0 Å². The van der Waals surface area contributed by atoms with Gasteiger partial charge in [0.1, 0.15) is 0 Å². The number of allylic oxidation sites excluding steroid dienone is 1. The molecule has 4 heteroatoms. The first-order chi connectivity index (χ1) is 8.66. The summed E-state index contributed by atoms with van der Waals surface area (Å²) >= 11 is 0. The van der Waals surface area contributed by atoms with Gasteiger partial charge in [-0.2, -0.15) is 0 Å². The third-order valence-corrected chi connectivity index (χ3v) is 4.61. The highest BCUT2D eigenvalue weighted by atomic mass is 31.2. The van der Waals surface area contributed by atoms with Crippen molar-refractivity contribution in [2.24, 2.45) is 0 Å². The van der Waals surface area contributed by atoms with Gasteiger partial charge in [-0.15, -0.1) is 6.58 Å². The van der Waals surface area contributed by atoms with Gasteiger partial charge in [0.25, 0.3) is 0 Å². The molecule has 0 unspecified atom stereocenters. The molecule has 0 fully saturated rings. The topological polar surface area (TPSA) is 35.5 Å². The van der Waals surface area contributed by atoms with Crippen LogP contribution >= 0.6 is 7.60 Å². The molecule has 1 aromatic rings. The molecule has 0 heterocycles. The average Bonchev–Trinajstić information content (AvgIpc) is 2.37. The predicted molar refractivity (Wildman–Crippen MR) is 75.5 cm³/mol. The van der Waals surface area contributed by atoms with E-state index >= 15 is 0 Å². The van der Waals surface area contributed by atoms with Crippen LogP contribution in [0.1, 0.15) is 25.8 Å². The summed E-state index contributed by atoms with van der Waals surface area (Å²) < 4.78 is 23.1. The lowest BCUT2D eigenvalue weighted by Crippen LogP contribution is -2.10. The number of hydrogen-bond donors (Lipinski definition) is 0. The van der Waals surface area contributed by atoms with E-state index in [0.29, 0.717) is 18.5 Å². The highest BCUT2D eigenvalue weighted by Crippen LogP contribution is 2.46.